The molecule has 1 aromatic heterocycles. The molecule has 1 fully saturated rings. The summed E-state index contributed by atoms with van der Waals surface area (Å²) in [5.41, 5.74) is 1.84. The SMILES string of the molecule is CC1CCCCC1NC(=O)Nc1ccccc1.CCCC(=NOCC)C1=C(O)CC(CC(C)SCC)CC1=O.CCNc1nc(NC(C)CC)nc(OC)n1. The number of para-hydroxylation sites is 1. The first kappa shape index (κ1) is 47.1. The van der Waals surface area contributed by atoms with Crippen LogP contribution in [-0.4, -0.2) is 80.9 Å². The minimum Gasteiger partial charge on any atom is -0.511 e. The van der Waals surface area contributed by atoms with Gasteiger partial charge in [-0.05, 0) is 82.6 Å². The van der Waals surface area contributed by atoms with Gasteiger partial charge >= 0.3 is 12.0 Å². The van der Waals surface area contributed by atoms with Crippen LogP contribution in [0.15, 0.2) is 46.8 Å². The van der Waals surface area contributed by atoms with E-state index in [2.05, 4.69) is 76.0 Å². The Labute approximate surface area is 334 Å². The van der Waals surface area contributed by atoms with Gasteiger partial charge in [0.2, 0.25) is 11.9 Å². The summed E-state index contributed by atoms with van der Waals surface area (Å²) in [7, 11) is 1.54. The number of nitrogens with zero attached hydrogens (tertiary/aromatic N) is 4. The van der Waals surface area contributed by atoms with Crippen molar-refractivity contribution in [2.75, 3.05) is 42.0 Å². The molecule has 0 saturated heterocycles. The van der Waals surface area contributed by atoms with Gasteiger partial charge in [-0.15, -0.1) is 0 Å². The van der Waals surface area contributed by atoms with Crippen molar-refractivity contribution in [2.45, 2.75) is 137 Å². The van der Waals surface area contributed by atoms with E-state index in [1.54, 1.807) is 0 Å². The van der Waals surface area contributed by atoms with Gasteiger partial charge in [0, 0.05) is 42.4 Å². The summed E-state index contributed by atoms with van der Waals surface area (Å²) in [5, 5.41) is 27.1. The van der Waals surface area contributed by atoms with Crippen molar-refractivity contribution in [3.63, 3.8) is 0 Å². The zero-order valence-electron chi connectivity index (χ0n) is 34.7. The maximum Gasteiger partial charge on any atom is 0.322 e. The van der Waals surface area contributed by atoms with Crippen LogP contribution in [0, 0.1) is 11.8 Å². The van der Waals surface area contributed by atoms with Crippen LogP contribution in [-0.2, 0) is 9.63 Å². The molecule has 5 unspecified atom stereocenters. The summed E-state index contributed by atoms with van der Waals surface area (Å²) in [6.45, 7) is 17.8. The van der Waals surface area contributed by atoms with E-state index in [9.17, 15) is 14.7 Å². The molecule has 1 heterocycles. The van der Waals surface area contributed by atoms with Crippen LogP contribution >= 0.6 is 11.8 Å². The fourth-order valence-electron chi connectivity index (χ4n) is 6.34. The number of aliphatic hydroxyl groups is 1. The average molecular weight is 785 g/mol. The monoisotopic (exact) mass is 785 g/mol. The maximum atomic E-state index is 12.5. The molecule has 0 spiro atoms. The van der Waals surface area contributed by atoms with Crippen LogP contribution in [0.3, 0.4) is 0 Å². The number of ether oxygens (including phenoxy) is 1. The van der Waals surface area contributed by atoms with Crippen molar-refractivity contribution in [3.05, 3.63) is 41.7 Å². The van der Waals surface area contributed by atoms with Gasteiger partial charge < -0.3 is 35.9 Å². The normalized spacial score (nSPS) is 19.4. The highest BCUT2D eigenvalue weighted by atomic mass is 32.2. The molecule has 13 nitrogen and oxygen atoms in total. The molecule has 2 aliphatic carbocycles. The van der Waals surface area contributed by atoms with Crippen molar-refractivity contribution in [2.24, 2.45) is 17.0 Å². The molecule has 4 rings (SSSR count). The topological polar surface area (TPSA) is 172 Å². The molecule has 0 aliphatic heterocycles. The molecule has 2 amide bonds. The van der Waals surface area contributed by atoms with E-state index in [1.165, 1.54) is 26.4 Å². The van der Waals surface area contributed by atoms with Gasteiger partial charge in [-0.2, -0.15) is 26.7 Å². The first-order chi connectivity index (χ1) is 26.5. The minimum atomic E-state index is -0.0880. The Bertz CT molecular complexity index is 1480. The number of hydrogen-bond acceptors (Lipinski definition) is 12. The number of benzene rings is 1. The van der Waals surface area contributed by atoms with Crippen LogP contribution in [0.4, 0.5) is 22.4 Å². The highest BCUT2D eigenvalue weighted by Crippen LogP contribution is 2.33. The minimum absolute atomic E-state index is 0.00866. The molecular formula is C41H68N8O5S. The lowest BCUT2D eigenvalue weighted by Crippen LogP contribution is -2.43. The number of carbonyl (C=O) groups is 2. The zero-order valence-corrected chi connectivity index (χ0v) is 35.6. The Kier molecular flexibility index (Phi) is 22.8. The number of methoxy groups -OCH3 is 1. The van der Waals surface area contributed by atoms with E-state index in [0.29, 0.717) is 78.3 Å². The molecule has 1 saturated carbocycles. The second-order valence-electron chi connectivity index (χ2n) is 14.0. The number of carbonyl (C=O) groups excluding carboxylic acids is 2. The first-order valence-electron chi connectivity index (χ1n) is 20.2. The van der Waals surface area contributed by atoms with E-state index < -0.39 is 0 Å². The number of allylic oxidation sites excluding steroid dienone is 2. The number of nitrogens with one attached hydrogen (secondary N) is 4. The fraction of sp³-hybridized carbons (Fsp3) is 0.659. The maximum absolute atomic E-state index is 12.5. The fourth-order valence-corrected chi connectivity index (χ4v) is 7.32. The van der Waals surface area contributed by atoms with Gasteiger partial charge in [-0.3, -0.25) is 4.79 Å². The number of urea groups is 1. The molecule has 2 aromatic rings. The quantitative estimate of drug-likeness (QED) is 0.0764. The lowest BCUT2D eigenvalue weighted by Gasteiger charge is -2.29. The average Bonchev–Trinajstić information content (AvgIpc) is 3.15. The molecule has 2 aliphatic rings. The number of ketones is 1. The number of aromatic nitrogens is 3. The zero-order chi connectivity index (χ0) is 40.6. The summed E-state index contributed by atoms with van der Waals surface area (Å²) >= 11 is 1.90. The number of Topliss-reactive ketones (excluding diaryl/α,β-unsaturated/α-hetero) is 1. The predicted molar refractivity (Wildman–Crippen MR) is 228 cm³/mol. The smallest absolute Gasteiger partial charge is 0.322 e. The Morgan fingerprint density at radius 3 is 2.33 bits per heavy atom. The molecule has 55 heavy (non-hydrogen) atoms. The molecule has 0 radical (unpaired) electrons. The van der Waals surface area contributed by atoms with Gasteiger partial charge in [-0.1, -0.05) is 77.2 Å². The third kappa shape index (κ3) is 18.0. The van der Waals surface area contributed by atoms with Crippen molar-refractivity contribution < 1.29 is 24.3 Å². The third-order valence-electron chi connectivity index (χ3n) is 9.30. The first-order valence-corrected chi connectivity index (χ1v) is 21.2. The van der Waals surface area contributed by atoms with Crippen LogP contribution in [0.25, 0.3) is 0 Å². The van der Waals surface area contributed by atoms with Crippen molar-refractivity contribution >= 4 is 46.9 Å². The van der Waals surface area contributed by atoms with Crippen LogP contribution in [0.1, 0.15) is 120 Å². The summed E-state index contributed by atoms with van der Waals surface area (Å²) in [6, 6.07) is 10.4. The molecule has 308 valence electrons. The third-order valence-corrected chi connectivity index (χ3v) is 10.4. The molecule has 0 bridgehead atoms. The van der Waals surface area contributed by atoms with Gasteiger partial charge in [0.25, 0.3) is 0 Å². The standard InChI is InChI=1S/C17H29NO3S.C14H20N2O.C10H19N5O/c1-5-8-14(18-21-6-2)17-15(19)10-13(11-16(17)20)9-12(4)22-7-3;1-11-7-5-6-10-13(11)16-14(17)15-12-8-3-2-4-9-12;1-5-7(3)12-9-13-8(11-6-2)14-10(15-9)16-4/h12-13,19H,5-11H2,1-4H3;2-4,8-9,11,13H,5-7,10H2,1H3,(H2,15,16,17);7H,5-6H2,1-4H3,(H2,11,12,13,14,15). The van der Waals surface area contributed by atoms with Crippen LogP contribution in [0.2, 0.25) is 0 Å². The Balaban J connectivity index is 0.000000289. The van der Waals surface area contributed by atoms with Crippen molar-refractivity contribution in [1.82, 2.24) is 20.3 Å². The Morgan fingerprint density at radius 1 is 1.02 bits per heavy atom. The lowest BCUT2D eigenvalue weighted by molar-refractivity contribution is -0.116. The number of thioether (sulfide) groups is 1. The number of anilines is 3. The molecule has 14 heteroatoms. The van der Waals surface area contributed by atoms with E-state index in [4.69, 9.17) is 9.57 Å². The van der Waals surface area contributed by atoms with Crippen molar-refractivity contribution in [1.29, 1.82) is 0 Å². The Morgan fingerprint density at radius 2 is 1.73 bits per heavy atom. The molecule has 5 N–H and O–H groups in total. The van der Waals surface area contributed by atoms with E-state index in [1.807, 2.05) is 62.9 Å². The summed E-state index contributed by atoms with van der Waals surface area (Å²) in [5.74, 6) is 3.18. The number of oxime groups is 1. The number of aliphatic hydroxyl groups excluding tert-OH is 1. The molecular weight excluding hydrogens is 717 g/mol. The second kappa shape index (κ2) is 26.7. The van der Waals surface area contributed by atoms with Crippen LogP contribution in [0.5, 0.6) is 6.01 Å². The molecule has 1 aromatic carbocycles. The van der Waals surface area contributed by atoms with Crippen LogP contribution < -0.4 is 26.0 Å². The van der Waals surface area contributed by atoms with Crippen molar-refractivity contribution in [3.8, 4) is 6.01 Å². The summed E-state index contributed by atoms with van der Waals surface area (Å²) in [4.78, 5) is 41.8. The van der Waals surface area contributed by atoms with Gasteiger partial charge in [0.15, 0.2) is 5.78 Å². The number of amides is 2. The Hall–Kier alpha value is -4.07. The second-order valence-corrected chi connectivity index (χ2v) is 15.7. The van der Waals surface area contributed by atoms with Gasteiger partial charge in [0.1, 0.15) is 12.4 Å². The predicted octanol–water partition coefficient (Wildman–Crippen LogP) is 9.41. The van der Waals surface area contributed by atoms with E-state index >= 15 is 0 Å². The van der Waals surface area contributed by atoms with E-state index in [-0.39, 0.29) is 23.5 Å². The van der Waals surface area contributed by atoms with Gasteiger partial charge in [0.05, 0.1) is 18.4 Å². The molecule has 5 atom stereocenters. The summed E-state index contributed by atoms with van der Waals surface area (Å²) in [6.07, 6.45) is 9.40. The summed E-state index contributed by atoms with van der Waals surface area (Å²) < 4.78 is 5.01. The lowest BCUT2D eigenvalue weighted by atomic mass is 9.82. The largest absolute Gasteiger partial charge is 0.511 e. The van der Waals surface area contributed by atoms with E-state index in [0.717, 1.165) is 43.7 Å². The highest BCUT2D eigenvalue weighted by Gasteiger charge is 2.31. The highest BCUT2D eigenvalue weighted by molar-refractivity contribution is 7.99. The number of rotatable bonds is 17. The number of hydrogen-bond donors (Lipinski definition) is 5. The van der Waals surface area contributed by atoms with Gasteiger partial charge in [-0.25, -0.2) is 4.79 Å².